The SMILES string of the molecule is CNC(=O)CN(Cc1ccccc1Cl)S(=O)(=O)c1ccc(C)cc1. The first-order chi connectivity index (χ1) is 11.3. The molecular formula is C17H19ClN2O3S. The molecular weight excluding hydrogens is 348 g/mol. The Kier molecular flexibility index (Phi) is 5.99. The van der Waals surface area contributed by atoms with Gasteiger partial charge in [0.05, 0.1) is 11.4 Å². The molecule has 2 aromatic carbocycles. The Bertz CT molecular complexity index is 820. The molecule has 0 aliphatic carbocycles. The van der Waals surface area contributed by atoms with E-state index in [0.29, 0.717) is 10.6 Å². The van der Waals surface area contributed by atoms with E-state index in [-0.39, 0.29) is 18.0 Å². The van der Waals surface area contributed by atoms with Crippen molar-refractivity contribution in [3.8, 4) is 0 Å². The second kappa shape index (κ2) is 7.79. The van der Waals surface area contributed by atoms with Gasteiger partial charge in [0.25, 0.3) is 0 Å². The third-order valence-corrected chi connectivity index (χ3v) is 5.74. The fourth-order valence-corrected chi connectivity index (χ4v) is 3.71. The Morgan fingerprint density at radius 3 is 2.33 bits per heavy atom. The molecule has 0 aromatic heterocycles. The van der Waals surface area contributed by atoms with Gasteiger partial charge >= 0.3 is 0 Å². The number of halogens is 1. The van der Waals surface area contributed by atoms with Gasteiger partial charge in [0.2, 0.25) is 15.9 Å². The summed E-state index contributed by atoms with van der Waals surface area (Å²) < 4.78 is 26.9. The van der Waals surface area contributed by atoms with Gasteiger partial charge < -0.3 is 5.32 Å². The van der Waals surface area contributed by atoms with Crippen molar-refractivity contribution in [3.63, 3.8) is 0 Å². The van der Waals surface area contributed by atoms with Gasteiger partial charge in [-0.25, -0.2) is 8.42 Å². The van der Waals surface area contributed by atoms with Crippen LogP contribution in [0.3, 0.4) is 0 Å². The summed E-state index contributed by atoms with van der Waals surface area (Å²) in [5.74, 6) is -0.391. The monoisotopic (exact) mass is 366 g/mol. The highest BCUT2D eigenvalue weighted by molar-refractivity contribution is 7.89. The van der Waals surface area contributed by atoms with E-state index in [4.69, 9.17) is 11.6 Å². The number of carbonyl (C=O) groups is 1. The Hall–Kier alpha value is -1.89. The molecule has 0 spiro atoms. The standard InChI is InChI=1S/C17H19ClN2O3S/c1-13-7-9-15(10-8-13)24(22,23)20(12-17(21)19-2)11-14-5-3-4-6-16(14)18/h3-10H,11-12H2,1-2H3,(H,19,21). The van der Waals surface area contributed by atoms with Gasteiger partial charge in [0, 0.05) is 18.6 Å². The maximum Gasteiger partial charge on any atom is 0.243 e. The number of hydrogen-bond donors (Lipinski definition) is 1. The van der Waals surface area contributed by atoms with Crippen LogP contribution in [0.2, 0.25) is 5.02 Å². The van der Waals surface area contributed by atoms with Gasteiger partial charge in [-0.2, -0.15) is 4.31 Å². The fourth-order valence-electron chi connectivity index (χ4n) is 2.14. The Balaban J connectivity index is 2.39. The zero-order valence-electron chi connectivity index (χ0n) is 13.5. The average molecular weight is 367 g/mol. The summed E-state index contributed by atoms with van der Waals surface area (Å²) in [5.41, 5.74) is 1.59. The first-order valence-corrected chi connectivity index (χ1v) is 9.17. The second-order valence-corrected chi connectivity index (χ2v) is 7.70. The lowest BCUT2D eigenvalue weighted by Gasteiger charge is -2.22. The highest BCUT2D eigenvalue weighted by Crippen LogP contribution is 2.22. The number of aryl methyl sites for hydroxylation is 1. The van der Waals surface area contributed by atoms with E-state index in [9.17, 15) is 13.2 Å². The fraction of sp³-hybridized carbons (Fsp3) is 0.235. The van der Waals surface area contributed by atoms with E-state index in [1.54, 1.807) is 36.4 Å². The van der Waals surface area contributed by atoms with Gasteiger partial charge in [-0.3, -0.25) is 4.79 Å². The maximum atomic E-state index is 12.9. The summed E-state index contributed by atoms with van der Waals surface area (Å²) in [6, 6.07) is 13.5. The molecule has 2 aromatic rings. The highest BCUT2D eigenvalue weighted by atomic mass is 35.5. The van der Waals surface area contributed by atoms with E-state index < -0.39 is 15.9 Å². The Labute approximate surface area is 147 Å². The largest absolute Gasteiger partial charge is 0.358 e. The van der Waals surface area contributed by atoms with Gasteiger partial charge in [0.1, 0.15) is 0 Å². The van der Waals surface area contributed by atoms with Crippen LogP contribution >= 0.6 is 11.6 Å². The summed E-state index contributed by atoms with van der Waals surface area (Å²) in [6.07, 6.45) is 0. The number of carbonyl (C=O) groups excluding carboxylic acids is 1. The normalized spacial score (nSPS) is 11.5. The molecule has 0 bridgehead atoms. The van der Waals surface area contributed by atoms with E-state index in [2.05, 4.69) is 5.32 Å². The Morgan fingerprint density at radius 1 is 1.12 bits per heavy atom. The molecule has 1 amide bonds. The summed E-state index contributed by atoms with van der Waals surface area (Å²) >= 11 is 6.13. The zero-order chi connectivity index (χ0) is 17.7. The Morgan fingerprint density at radius 2 is 1.75 bits per heavy atom. The van der Waals surface area contributed by atoms with Gasteiger partial charge in [-0.1, -0.05) is 47.5 Å². The van der Waals surface area contributed by atoms with Crippen LogP contribution in [-0.2, 0) is 21.4 Å². The number of benzene rings is 2. The topological polar surface area (TPSA) is 66.5 Å². The number of rotatable bonds is 6. The van der Waals surface area contributed by atoms with E-state index in [1.807, 2.05) is 6.92 Å². The molecule has 7 heteroatoms. The van der Waals surface area contributed by atoms with Crippen molar-refractivity contribution in [2.24, 2.45) is 0 Å². The van der Waals surface area contributed by atoms with Crippen molar-refractivity contribution in [1.82, 2.24) is 9.62 Å². The number of nitrogens with zero attached hydrogens (tertiary/aromatic N) is 1. The first kappa shape index (κ1) is 18.4. The number of hydrogen-bond acceptors (Lipinski definition) is 3. The summed E-state index contributed by atoms with van der Waals surface area (Å²) in [6.45, 7) is 1.61. The lowest BCUT2D eigenvalue weighted by atomic mass is 10.2. The molecule has 0 saturated heterocycles. The minimum Gasteiger partial charge on any atom is -0.358 e. The number of amides is 1. The van der Waals surface area contributed by atoms with Crippen LogP contribution in [0.25, 0.3) is 0 Å². The highest BCUT2D eigenvalue weighted by Gasteiger charge is 2.27. The molecule has 128 valence electrons. The zero-order valence-corrected chi connectivity index (χ0v) is 15.1. The quantitative estimate of drug-likeness (QED) is 0.854. The molecule has 0 heterocycles. The minimum atomic E-state index is -3.82. The lowest BCUT2D eigenvalue weighted by Crippen LogP contribution is -2.39. The van der Waals surface area contributed by atoms with Crippen LogP contribution in [0.15, 0.2) is 53.4 Å². The van der Waals surface area contributed by atoms with Gasteiger partial charge in [0.15, 0.2) is 0 Å². The van der Waals surface area contributed by atoms with E-state index in [0.717, 1.165) is 9.87 Å². The molecule has 5 nitrogen and oxygen atoms in total. The second-order valence-electron chi connectivity index (χ2n) is 5.35. The van der Waals surface area contributed by atoms with Crippen molar-refractivity contribution >= 4 is 27.5 Å². The predicted octanol–water partition coefficient (Wildman–Crippen LogP) is 2.59. The van der Waals surface area contributed by atoms with Crippen LogP contribution in [0.5, 0.6) is 0 Å². The third kappa shape index (κ3) is 4.35. The third-order valence-electron chi connectivity index (χ3n) is 3.56. The average Bonchev–Trinajstić information content (AvgIpc) is 2.56. The van der Waals surface area contributed by atoms with Crippen LogP contribution < -0.4 is 5.32 Å². The summed E-state index contributed by atoms with van der Waals surface area (Å²) in [7, 11) is -2.36. The smallest absolute Gasteiger partial charge is 0.243 e. The molecule has 24 heavy (non-hydrogen) atoms. The number of nitrogens with one attached hydrogen (secondary N) is 1. The first-order valence-electron chi connectivity index (χ1n) is 7.35. The predicted molar refractivity (Wildman–Crippen MR) is 94.3 cm³/mol. The molecule has 1 N–H and O–H groups in total. The molecule has 2 rings (SSSR count). The van der Waals surface area contributed by atoms with Gasteiger partial charge in [-0.15, -0.1) is 0 Å². The molecule has 0 atom stereocenters. The minimum absolute atomic E-state index is 0.0172. The molecule has 0 aliphatic rings. The van der Waals surface area contributed by atoms with Gasteiger partial charge in [-0.05, 0) is 30.7 Å². The van der Waals surface area contributed by atoms with Crippen molar-refractivity contribution in [3.05, 3.63) is 64.7 Å². The van der Waals surface area contributed by atoms with Crippen molar-refractivity contribution in [2.75, 3.05) is 13.6 Å². The molecule has 0 aliphatic heterocycles. The van der Waals surface area contributed by atoms with Crippen LogP contribution in [0.1, 0.15) is 11.1 Å². The van der Waals surface area contributed by atoms with Crippen LogP contribution in [-0.4, -0.2) is 32.2 Å². The molecule has 0 radical (unpaired) electrons. The van der Waals surface area contributed by atoms with Crippen LogP contribution in [0.4, 0.5) is 0 Å². The molecule has 0 saturated carbocycles. The molecule has 0 fully saturated rings. The maximum absolute atomic E-state index is 12.9. The van der Waals surface area contributed by atoms with Crippen molar-refractivity contribution in [2.45, 2.75) is 18.4 Å². The number of likely N-dealkylation sites (N-methyl/N-ethyl adjacent to an activating group) is 1. The lowest BCUT2D eigenvalue weighted by molar-refractivity contribution is -0.120. The summed E-state index contributed by atoms with van der Waals surface area (Å²) in [5, 5.41) is 2.91. The van der Waals surface area contributed by atoms with Crippen molar-refractivity contribution < 1.29 is 13.2 Å². The number of sulfonamides is 1. The van der Waals surface area contributed by atoms with Crippen LogP contribution in [0, 0.1) is 6.92 Å². The van der Waals surface area contributed by atoms with E-state index in [1.165, 1.54) is 19.2 Å². The molecule has 0 unspecified atom stereocenters. The van der Waals surface area contributed by atoms with E-state index >= 15 is 0 Å². The van der Waals surface area contributed by atoms with Crippen molar-refractivity contribution in [1.29, 1.82) is 0 Å². The summed E-state index contributed by atoms with van der Waals surface area (Å²) in [4.78, 5) is 11.9.